The van der Waals surface area contributed by atoms with Gasteiger partial charge in [0.25, 0.3) is 0 Å². The van der Waals surface area contributed by atoms with Gasteiger partial charge in [-0.05, 0) is 17.5 Å². The van der Waals surface area contributed by atoms with E-state index in [-0.39, 0.29) is 5.91 Å². The molecule has 2 atom stereocenters. The number of carbonyl (C=O) groups excluding carboxylic acids is 2. The molecule has 0 radical (unpaired) electrons. The lowest BCUT2D eigenvalue weighted by molar-refractivity contribution is -0.141. The van der Waals surface area contributed by atoms with Crippen molar-refractivity contribution in [2.45, 2.75) is 38.4 Å². The van der Waals surface area contributed by atoms with Crippen molar-refractivity contribution in [1.29, 1.82) is 0 Å². The smallest absolute Gasteiger partial charge is 0.240 e. The summed E-state index contributed by atoms with van der Waals surface area (Å²) in [5.41, 5.74) is 13.3. The molecule has 0 spiro atoms. The Morgan fingerprint density at radius 2 is 2.00 bits per heavy atom. The van der Waals surface area contributed by atoms with Crippen LogP contribution in [0, 0.1) is 0 Å². The van der Waals surface area contributed by atoms with E-state index in [4.69, 9.17) is 11.5 Å². The molecule has 102 valence electrons. The summed E-state index contributed by atoms with van der Waals surface area (Å²) in [6.07, 6.45) is 1.01. The Labute approximate surface area is 112 Å². The van der Waals surface area contributed by atoms with Gasteiger partial charge in [-0.25, -0.2) is 0 Å². The number of hydrogen-bond donors (Lipinski definition) is 2. The second-order valence-electron chi connectivity index (χ2n) is 4.87. The maximum Gasteiger partial charge on any atom is 0.240 e. The number of benzene rings is 1. The highest BCUT2D eigenvalue weighted by Crippen LogP contribution is 2.23. The average molecular weight is 261 g/mol. The van der Waals surface area contributed by atoms with Crippen molar-refractivity contribution >= 4 is 11.8 Å². The number of nitrogens with zero attached hydrogens (tertiary/aromatic N) is 1. The van der Waals surface area contributed by atoms with Crippen LogP contribution >= 0.6 is 0 Å². The highest BCUT2D eigenvalue weighted by atomic mass is 16.2. The summed E-state index contributed by atoms with van der Waals surface area (Å²) in [6, 6.07) is 6.60. The van der Waals surface area contributed by atoms with E-state index in [1.807, 2.05) is 31.2 Å². The maximum atomic E-state index is 12.2. The maximum absolute atomic E-state index is 12.2. The molecule has 0 bridgehead atoms. The van der Waals surface area contributed by atoms with E-state index >= 15 is 0 Å². The average Bonchev–Trinajstić information content (AvgIpc) is 2.44. The van der Waals surface area contributed by atoms with Crippen LogP contribution in [0.3, 0.4) is 0 Å². The molecule has 0 aromatic heterocycles. The SMILES string of the molecule is CCC(N)C(=O)N1Cc2ccccc2C[C@H]1C(N)=O. The summed E-state index contributed by atoms with van der Waals surface area (Å²) in [5.74, 6) is -0.688. The van der Waals surface area contributed by atoms with Gasteiger partial charge in [-0.1, -0.05) is 31.2 Å². The number of amides is 2. The standard InChI is InChI=1S/C14H19N3O2/c1-2-11(15)14(19)17-8-10-6-4-3-5-9(10)7-12(17)13(16)18/h3-6,11-12H,2,7-8,15H2,1H3,(H2,16,18)/t11?,12-/m0/s1. The van der Waals surface area contributed by atoms with Crippen LogP contribution in [0.1, 0.15) is 24.5 Å². The molecule has 0 saturated carbocycles. The number of hydrogen-bond acceptors (Lipinski definition) is 3. The third-order valence-electron chi connectivity index (χ3n) is 3.62. The number of fused-ring (bicyclic) bond motifs is 1. The first-order valence-corrected chi connectivity index (χ1v) is 6.46. The molecule has 1 unspecified atom stereocenters. The Morgan fingerprint density at radius 1 is 1.37 bits per heavy atom. The van der Waals surface area contributed by atoms with Crippen LogP contribution in [0.2, 0.25) is 0 Å². The number of carbonyl (C=O) groups is 2. The summed E-state index contributed by atoms with van der Waals surface area (Å²) in [5, 5.41) is 0. The lowest BCUT2D eigenvalue weighted by Crippen LogP contribution is -2.55. The summed E-state index contributed by atoms with van der Waals surface area (Å²) in [4.78, 5) is 25.3. The van der Waals surface area contributed by atoms with Gasteiger partial charge >= 0.3 is 0 Å². The fourth-order valence-electron chi connectivity index (χ4n) is 2.40. The zero-order chi connectivity index (χ0) is 14.0. The van der Waals surface area contributed by atoms with E-state index in [0.29, 0.717) is 19.4 Å². The van der Waals surface area contributed by atoms with Crippen molar-refractivity contribution in [3.63, 3.8) is 0 Å². The van der Waals surface area contributed by atoms with Crippen molar-refractivity contribution < 1.29 is 9.59 Å². The highest BCUT2D eigenvalue weighted by Gasteiger charge is 2.34. The first kappa shape index (κ1) is 13.5. The van der Waals surface area contributed by atoms with E-state index in [2.05, 4.69) is 0 Å². The van der Waals surface area contributed by atoms with Gasteiger partial charge < -0.3 is 16.4 Å². The molecule has 0 aliphatic carbocycles. The molecule has 1 aliphatic heterocycles. The van der Waals surface area contributed by atoms with E-state index in [9.17, 15) is 9.59 Å². The van der Waals surface area contributed by atoms with Gasteiger partial charge in [0.1, 0.15) is 6.04 Å². The summed E-state index contributed by atoms with van der Waals surface area (Å²) >= 11 is 0. The van der Waals surface area contributed by atoms with Gasteiger partial charge in [0, 0.05) is 13.0 Å². The molecule has 0 saturated heterocycles. The second-order valence-corrected chi connectivity index (χ2v) is 4.87. The quantitative estimate of drug-likeness (QED) is 0.812. The van der Waals surface area contributed by atoms with E-state index in [1.165, 1.54) is 4.90 Å². The van der Waals surface area contributed by atoms with E-state index in [1.54, 1.807) is 0 Å². The molecule has 1 aromatic carbocycles. The Bertz CT molecular complexity index is 501. The van der Waals surface area contributed by atoms with Crippen LogP contribution in [0.25, 0.3) is 0 Å². The van der Waals surface area contributed by atoms with E-state index in [0.717, 1.165) is 11.1 Å². The van der Waals surface area contributed by atoms with Gasteiger partial charge in [-0.2, -0.15) is 0 Å². The van der Waals surface area contributed by atoms with Crippen LogP contribution in [0.5, 0.6) is 0 Å². The first-order valence-electron chi connectivity index (χ1n) is 6.46. The van der Waals surface area contributed by atoms with Gasteiger partial charge in [-0.3, -0.25) is 9.59 Å². The zero-order valence-corrected chi connectivity index (χ0v) is 11.0. The lowest BCUT2D eigenvalue weighted by Gasteiger charge is -2.36. The fourth-order valence-corrected chi connectivity index (χ4v) is 2.40. The Hall–Kier alpha value is -1.88. The molecule has 2 rings (SSSR count). The molecule has 2 amide bonds. The number of primary amides is 1. The molecule has 1 aromatic rings. The van der Waals surface area contributed by atoms with E-state index < -0.39 is 18.0 Å². The molecule has 4 N–H and O–H groups in total. The topological polar surface area (TPSA) is 89.4 Å². The molecule has 5 nitrogen and oxygen atoms in total. The van der Waals surface area contributed by atoms with Crippen LogP contribution < -0.4 is 11.5 Å². The van der Waals surface area contributed by atoms with Crippen LogP contribution in [0.4, 0.5) is 0 Å². The number of nitrogens with two attached hydrogens (primary N) is 2. The number of rotatable bonds is 3. The van der Waals surface area contributed by atoms with Crippen molar-refractivity contribution in [2.24, 2.45) is 11.5 Å². The van der Waals surface area contributed by atoms with Crippen LogP contribution in [-0.2, 0) is 22.6 Å². The fraction of sp³-hybridized carbons (Fsp3) is 0.429. The molecule has 5 heteroatoms. The minimum absolute atomic E-state index is 0.208. The predicted molar refractivity (Wildman–Crippen MR) is 71.9 cm³/mol. The molecular weight excluding hydrogens is 242 g/mol. The molecule has 0 fully saturated rings. The largest absolute Gasteiger partial charge is 0.368 e. The third-order valence-corrected chi connectivity index (χ3v) is 3.62. The molecule has 1 heterocycles. The summed E-state index contributed by atoms with van der Waals surface area (Å²) in [7, 11) is 0. The Kier molecular flexibility index (Phi) is 3.85. The second kappa shape index (κ2) is 5.40. The monoisotopic (exact) mass is 261 g/mol. The van der Waals surface area contributed by atoms with Gasteiger partial charge in [0.2, 0.25) is 11.8 Å². The Balaban J connectivity index is 2.31. The minimum Gasteiger partial charge on any atom is -0.368 e. The van der Waals surface area contributed by atoms with Crippen molar-refractivity contribution in [3.8, 4) is 0 Å². The van der Waals surface area contributed by atoms with Crippen molar-refractivity contribution in [3.05, 3.63) is 35.4 Å². The van der Waals surface area contributed by atoms with Crippen molar-refractivity contribution in [2.75, 3.05) is 0 Å². The van der Waals surface area contributed by atoms with Crippen LogP contribution in [0.15, 0.2) is 24.3 Å². The minimum atomic E-state index is -0.597. The highest BCUT2D eigenvalue weighted by molar-refractivity contribution is 5.89. The van der Waals surface area contributed by atoms with Crippen molar-refractivity contribution in [1.82, 2.24) is 4.90 Å². The first-order chi connectivity index (χ1) is 9.04. The normalized spacial score (nSPS) is 19.7. The lowest BCUT2D eigenvalue weighted by atomic mass is 9.93. The summed E-state index contributed by atoms with van der Waals surface area (Å²) < 4.78 is 0. The van der Waals surface area contributed by atoms with Crippen LogP contribution in [-0.4, -0.2) is 28.8 Å². The molecular formula is C14H19N3O2. The predicted octanol–water partition coefficient (Wildman–Crippen LogP) is 0.162. The van der Waals surface area contributed by atoms with Gasteiger partial charge in [-0.15, -0.1) is 0 Å². The zero-order valence-electron chi connectivity index (χ0n) is 11.0. The Morgan fingerprint density at radius 3 is 2.58 bits per heavy atom. The summed E-state index contributed by atoms with van der Waals surface area (Å²) in [6.45, 7) is 2.25. The molecule has 19 heavy (non-hydrogen) atoms. The van der Waals surface area contributed by atoms with Gasteiger partial charge in [0.15, 0.2) is 0 Å². The van der Waals surface area contributed by atoms with Gasteiger partial charge in [0.05, 0.1) is 6.04 Å². The molecule has 1 aliphatic rings. The third kappa shape index (κ3) is 2.61.